The Labute approximate surface area is 59.8 Å². The molecular weight excluding hydrogens is 135 g/mol. The van der Waals surface area contributed by atoms with E-state index >= 15 is 0 Å². The Balaban J connectivity index is 3.41. The van der Waals surface area contributed by atoms with Crippen molar-refractivity contribution in [2.75, 3.05) is 13.7 Å². The fraction of sp³-hybridized carbons (Fsp3) is 0.833. The summed E-state index contributed by atoms with van der Waals surface area (Å²) in [7, 11) is 1.51. The third kappa shape index (κ3) is 3.40. The Morgan fingerprint density at radius 3 is 2.80 bits per heavy atom. The first-order chi connectivity index (χ1) is 4.72. The molecular formula is C6H13FN2O. The average molecular weight is 148 g/mol. The number of rotatable bonds is 4. The molecule has 1 unspecified atom stereocenters. The van der Waals surface area contributed by atoms with E-state index in [0.717, 1.165) is 0 Å². The van der Waals surface area contributed by atoms with Crippen LogP contribution >= 0.6 is 0 Å². The number of hydrogen-bond donors (Lipinski definition) is 2. The second kappa shape index (κ2) is 5.17. The van der Waals surface area contributed by atoms with E-state index in [0.29, 0.717) is 12.8 Å². The fourth-order valence-corrected chi connectivity index (χ4v) is 0.614. The van der Waals surface area contributed by atoms with Gasteiger partial charge in [-0.3, -0.25) is 9.18 Å². The monoisotopic (exact) mass is 148 g/mol. The lowest BCUT2D eigenvalue weighted by Gasteiger charge is -2.06. The van der Waals surface area contributed by atoms with Gasteiger partial charge in [-0.05, 0) is 12.8 Å². The summed E-state index contributed by atoms with van der Waals surface area (Å²) in [5, 5.41) is 2.39. The summed E-state index contributed by atoms with van der Waals surface area (Å²) in [4.78, 5) is 10.7. The van der Waals surface area contributed by atoms with Crippen LogP contribution in [0.3, 0.4) is 0 Å². The molecule has 4 heteroatoms. The SMILES string of the molecule is CNC(=O)C(N)CCCF. The highest BCUT2D eigenvalue weighted by atomic mass is 19.1. The van der Waals surface area contributed by atoms with Gasteiger partial charge in [-0.25, -0.2) is 0 Å². The van der Waals surface area contributed by atoms with Crippen LogP contribution in [0, 0.1) is 0 Å². The molecule has 0 aromatic heterocycles. The van der Waals surface area contributed by atoms with Crippen molar-refractivity contribution >= 4 is 5.91 Å². The van der Waals surface area contributed by atoms with Crippen LogP contribution in [0.25, 0.3) is 0 Å². The Kier molecular flexibility index (Phi) is 4.84. The lowest BCUT2D eigenvalue weighted by Crippen LogP contribution is -2.38. The van der Waals surface area contributed by atoms with Crippen LogP contribution in [0.1, 0.15) is 12.8 Å². The molecule has 1 atom stereocenters. The summed E-state index contributed by atoms with van der Waals surface area (Å²) in [6, 6.07) is -0.555. The zero-order valence-corrected chi connectivity index (χ0v) is 6.06. The van der Waals surface area contributed by atoms with Crippen molar-refractivity contribution in [2.45, 2.75) is 18.9 Å². The van der Waals surface area contributed by atoms with Gasteiger partial charge in [0.2, 0.25) is 5.91 Å². The van der Waals surface area contributed by atoms with Crippen molar-refractivity contribution in [1.29, 1.82) is 0 Å². The molecule has 0 aromatic carbocycles. The Bertz CT molecular complexity index is 108. The van der Waals surface area contributed by atoms with E-state index in [4.69, 9.17) is 5.73 Å². The molecule has 0 rings (SSSR count). The number of amides is 1. The summed E-state index contributed by atoms with van der Waals surface area (Å²) in [5.74, 6) is -0.228. The summed E-state index contributed by atoms with van der Waals surface area (Å²) in [5.41, 5.74) is 5.34. The number of nitrogens with two attached hydrogens (primary N) is 1. The predicted molar refractivity (Wildman–Crippen MR) is 37.3 cm³/mol. The van der Waals surface area contributed by atoms with E-state index < -0.39 is 12.7 Å². The van der Waals surface area contributed by atoms with Crippen molar-refractivity contribution in [3.05, 3.63) is 0 Å². The van der Waals surface area contributed by atoms with Gasteiger partial charge in [0.15, 0.2) is 0 Å². The normalized spacial score (nSPS) is 12.7. The smallest absolute Gasteiger partial charge is 0.236 e. The molecule has 0 aliphatic carbocycles. The fourth-order valence-electron chi connectivity index (χ4n) is 0.614. The van der Waals surface area contributed by atoms with Gasteiger partial charge in [-0.1, -0.05) is 0 Å². The minimum Gasteiger partial charge on any atom is -0.358 e. The van der Waals surface area contributed by atoms with Gasteiger partial charge in [0.05, 0.1) is 12.7 Å². The van der Waals surface area contributed by atoms with Crippen molar-refractivity contribution in [3.8, 4) is 0 Å². The van der Waals surface area contributed by atoms with E-state index in [9.17, 15) is 9.18 Å². The molecule has 0 aliphatic rings. The van der Waals surface area contributed by atoms with Gasteiger partial charge >= 0.3 is 0 Å². The standard InChI is InChI=1S/C6H13FN2O/c1-9-6(10)5(8)3-2-4-7/h5H,2-4,8H2,1H3,(H,9,10). The summed E-state index contributed by atoms with van der Waals surface area (Å²) < 4.78 is 11.5. The van der Waals surface area contributed by atoms with Gasteiger partial charge in [0, 0.05) is 7.05 Å². The number of hydrogen-bond acceptors (Lipinski definition) is 2. The molecule has 0 radical (unpaired) electrons. The molecule has 0 heterocycles. The molecule has 0 bridgehead atoms. The van der Waals surface area contributed by atoms with Crippen molar-refractivity contribution in [2.24, 2.45) is 5.73 Å². The van der Waals surface area contributed by atoms with Crippen molar-refractivity contribution < 1.29 is 9.18 Å². The third-order valence-electron chi connectivity index (χ3n) is 1.23. The number of nitrogens with one attached hydrogen (secondary N) is 1. The molecule has 3 nitrogen and oxygen atoms in total. The lowest BCUT2D eigenvalue weighted by molar-refractivity contribution is -0.122. The van der Waals surface area contributed by atoms with Gasteiger partial charge in [-0.15, -0.1) is 0 Å². The molecule has 0 fully saturated rings. The number of carbonyl (C=O) groups is 1. The molecule has 0 saturated carbocycles. The first kappa shape index (κ1) is 9.36. The van der Waals surface area contributed by atoms with E-state index in [1.54, 1.807) is 0 Å². The Morgan fingerprint density at radius 1 is 1.80 bits per heavy atom. The molecule has 0 aliphatic heterocycles. The zero-order chi connectivity index (χ0) is 7.98. The Morgan fingerprint density at radius 2 is 2.40 bits per heavy atom. The third-order valence-corrected chi connectivity index (χ3v) is 1.23. The molecule has 3 N–H and O–H groups in total. The highest BCUT2D eigenvalue weighted by Crippen LogP contribution is 1.93. The maximum atomic E-state index is 11.5. The molecule has 0 spiro atoms. The van der Waals surface area contributed by atoms with Crippen LogP contribution in [0.15, 0.2) is 0 Å². The van der Waals surface area contributed by atoms with Gasteiger partial charge in [0.25, 0.3) is 0 Å². The largest absolute Gasteiger partial charge is 0.358 e. The molecule has 10 heavy (non-hydrogen) atoms. The highest BCUT2D eigenvalue weighted by molar-refractivity contribution is 5.81. The molecule has 1 amide bonds. The first-order valence-corrected chi connectivity index (χ1v) is 3.25. The second-order valence-corrected chi connectivity index (χ2v) is 2.05. The van der Waals surface area contributed by atoms with Crippen molar-refractivity contribution in [3.63, 3.8) is 0 Å². The quantitative estimate of drug-likeness (QED) is 0.580. The number of carbonyl (C=O) groups excluding carboxylic acids is 1. The number of alkyl halides is 1. The van der Waals surface area contributed by atoms with Crippen LogP contribution < -0.4 is 11.1 Å². The molecule has 0 saturated heterocycles. The summed E-state index contributed by atoms with van der Waals surface area (Å²) in [6.07, 6.45) is 0.769. The second-order valence-electron chi connectivity index (χ2n) is 2.05. The minimum absolute atomic E-state index is 0.228. The number of halogens is 1. The summed E-state index contributed by atoms with van der Waals surface area (Å²) in [6.45, 7) is -0.412. The van der Waals surface area contributed by atoms with E-state index in [2.05, 4.69) is 5.32 Å². The topological polar surface area (TPSA) is 55.1 Å². The van der Waals surface area contributed by atoms with Crippen molar-refractivity contribution in [1.82, 2.24) is 5.32 Å². The van der Waals surface area contributed by atoms with E-state index in [-0.39, 0.29) is 5.91 Å². The van der Waals surface area contributed by atoms with Gasteiger partial charge in [0.1, 0.15) is 0 Å². The maximum Gasteiger partial charge on any atom is 0.236 e. The predicted octanol–water partition coefficient (Wildman–Crippen LogP) is -0.191. The summed E-state index contributed by atoms with van der Waals surface area (Å²) >= 11 is 0. The van der Waals surface area contributed by atoms with Gasteiger partial charge in [-0.2, -0.15) is 0 Å². The average Bonchev–Trinajstić information content (AvgIpc) is 1.98. The molecule has 60 valence electrons. The Hall–Kier alpha value is -0.640. The van der Waals surface area contributed by atoms with E-state index in [1.165, 1.54) is 7.05 Å². The lowest BCUT2D eigenvalue weighted by atomic mass is 10.2. The first-order valence-electron chi connectivity index (χ1n) is 3.25. The van der Waals surface area contributed by atoms with Crippen LogP contribution in [0.2, 0.25) is 0 Å². The minimum atomic E-state index is -0.555. The maximum absolute atomic E-state index is 11.5. The van der Waals surface area contributed by atoms with Crippen LogP contribution in [0.4, 0.5) is 4.39 Å². The van der Waals surface area contributed by atoms with Crippen LogP contribution in [0.5, 0.6) is 0 Å². The van der Waals surface area contributed by atoms with Crippen LogP contribution in [-0.2, 0) is 4.79 Å². The zero-order valence-electron chi connectivity index (χ0n) is 6.06. The highest BCUT2D eigenvalue weighted by Gasteiger charge is 2.09. The van der Waals surface area contributed by atoms with Gasteiger partial charge < -0.3 is 11.1 Å². The van der Waals surface area contributed by atoms with E-state index in [1.807, 2.05) is 0 Å². The molecule has 0 aromatic rings. The van der Waals surface area contributed by atoms with Crippen LogP contribution in [-0.4, -0.2) is 25.7 Å². The number of likely N-dealkylation sites (N-methyl/N-ethyl adjacent to an activating group) is 1.